The van der Waals surface area contributed by atoms with Gasteiger partial charge in [-0.25, -0.2) is 18.7 Å². The summed E-state index contributed by atoms with van der Waals surface area (Å²) in [5.41, 5.74) is 0.872. The molecule has 6 nitrogen and oxygen atoms in total. The zero-order valence-corrected chi connectivity index (χ0v) is 16.7. The molecule has 0 radical (unpaired) electrons. The second-order valence-corrected chi connectivity index (χ2v) is 8.07. The fraction of sp³-hybridized carbons (Fsp3) is 0.227. The number of benzene rings is 2. The summed E-state index contributed by atoms with van der Waals surface area (Å²) in [6.45, 7) is 0.725. The van der Waals surface area contributed by atoms with Gasteiger partial charge in [0.15, 0.2) is 11.2 Å². The Kier molecular flexibility index (Phi) is 4.55. The van der Waals surface area contributed by atoms with E-state index in [2.05, 4.69) is 4.98 Å². The topological polar surface area (TPSA) is 61.8 Å². The molecule has 8 heteroatoms. The molecule has 2 aromatic heterocycles. The lowest BCUT2D eigenvalue weighted by molar-refractivity contribution is 0.566. The number of halogens is 2. The van der Waals surface area contributed by atoms with E-state index in [1.807, 2.05) is 18.2 Å². The van der Waals surface area contributed by atoms with E-state index < -0.39 is 11.5 Å². The molecule has 0 spiro atoms. The van der Waals surface area contributed by atoms with E-state index >= 15 is 0 Å². The summed E-state index contributed by atoms with van der Waals surface area (Å²) in [4.78, 5) is 30.9. The maximum Gasteiger partial charge on any atom is 0.337 e. The molecule has 30 heavy (non-hydrogen) atoms. The van der Waals surface area contributed by atoms with E-state index in [0.717, 1.165) is 18.4 Å². The van der Waals surface area contributed by atoms with Crippen LogP contribution in [0.1, 0.15) is 18.4 Å². The molecule has 0 atom stereocenters. The lowest BCUT2D eigenvalue weighted by Gasteiger charge is -2.13. The van der Waals surface area contributed by atoms with Gasteiger partial charge >= 0.3 is 5.69 Å². The molecule has 0 N–H and O–H groups in total. The van der Waals surface area contributed by atoms with Crippen molar-refractivity contribution < 1.29 is 4.39 Å². The minimum atomic E-state index is -0.502. The Morgan fingerprint density at radius 1 is 1.10 bits per heavy atom. The molecule has 5 rings (SSSR count). The third kappa shape index (κ3) is 3.35. The van der Waals surface area contributed by atoms with Gasteiger partial charge in [0.05, 0.1) is 12.0 Å². The van der Waals surface area contributed by atoms with Crippen molar-refractivity contribution in [2.24, 2.45) is 5.92 Å². The van der Waals surface area contributed by atoms with Crippen LogP contribution in [0, 0.1) is 11.7 Å². The molecule has 0 unspecified atom stereocenters. The van der Waals surface area contributed by atoms with Crippen LogP contribution in [0.25, 0.3) is 16.9 Å². The minimum Gasteiger partial charge on any atom is -0.320 e. The second kappa shape index (κ2) is 7.25. The highest BCUT2D eigenvalue weighted by Crippen LogP contribution is 2.30. The summed E-state index contributed by atoms with van der Waals surface area (Å²) in [5, 5.41) is 0.597. The van der Waals surface area contributed by atoms with Crippen LogP contribution in [0.5, 0.6) is 0 Å². The fourth-order valence-corrected chi connectivity index (χ4v) is 3.91. The molecular weight excluding hydrogens is 407 g/mol. The van der Waals surface area contributed by atoms with Gasteiger partial charge in [0, 0.05) is 18.1 Å². The van der Waals surface area contributed by atoms with Gasteiger partial charge in [-0.1, -0.05) is 29.8 Å². The normalized spacial score (nSPS) is 13.8. The molecular formula is C22H18ClFN4O2. The van der Waals surface area contributed by atoms with Crippen molar-refractivity contribution in [3.05, 3.63) is 92.1 Å². The molecule has 1 aliphatic carbocycles. The Morgan fingerprint density at radius 2 is 1.90 bits per heavy atom. The standard InChI is InChI=1S/C22H18ClFN4O2/c23-16-4-1-3-15(9-16)11-26-13-25-20-19(26)21(29)27(12-14-7-8-14)22(30)28(20)18-6-2-5-17(24)10-18/h1-6,9-10,13-14H,7-8,11-12H2. The predicted octanol–water partition coefficient (Wildman–Crippen LogP) is 3.60. The third-order valence-corrected chi connectivity index (χ3v) is 5.58. The number of hydrogen-bond donors (Lipinski definition) is 0. The van der Waals surface area contributed by atoms with Gasteiger partial charge in [0.25, 0.3) is 5.56 Å². The van der Waals surface area contributed by atoms with Gasteiger partial charge in [-0.2, -0.15) is 0 Å². The number of nitrogens with zero attached hydrogens (tertiary/aromatic N) is 4. The molecule has 152 valence electrons. The molecule has 1 fully saturated rings. The first-order chi connectivity index (χ1) is 14.5. The highest BCUT2D eigenvalue weighted by molar-refractivity contribution is 6.30. The lowest BCUT2D eigenvalue weighted by atomic mass is 10.2. The predicted molar refractivity (Wildman–Crippen MR) is 113 cm³/mol. The number of aromatic nitrogens is 4. The van der Waals surface area contributed by atoms with Crippen LogP contribution in [-0.2, 0) is 13.1 Å². The number of hydrogen-bond acceptors (Lipinski definition) is 3. The van der Waals surface area contributed by atoms with Crippen molar-refractivity contribution in [2.75, 3.05) is 0 Å². The summed E-state index contributed by atoms with van der Waals surface area (Å²) in [5.74, 6) is -0.149. The SMILES string of the molecule is O=c1c2c(ncn2Cc2cccc(Cl)c2)n(-c2cccc(F)c2)c(=O)n1CC1CC1. The van der Waals surface area contributed by atoms with Gasteiger partial charge in [0.1, 0.15) is 5.82 Å². The number of fused-ring (bicyclic) bond motifs is 1. The Labute approximate surface area is 175 Å². The summed E-state index contributed by atoms with van der Waals surface area (Å²) in [6.07, 6.45) is 3.51. The zero-order valence-electron chi connectivity index (χ0n) is 16.0. The van der Waals surface area contributed by atoms with Gasteiger partial charge in [-0.05, 0) is 54.7 Å². The lowest BCUT2D eigenvalue weighted by Crippen LogP contribution is -2.40. The largest absolute Gasteiger partial charge is 0.337 e. The maximum absolute atomic E-state index is 13.9. The van der Waals surface area contributed by atoms with E-state index in [9.17, 15) is 14.0 Å². The second-order valence-electron chi connectivity index (χ2n) is 7.63. The fourth-order valence-electron chi connectivity index (χ4n) is 3.70. The average molecular weight is 425 g/mol. The van der Waals surface area contributed by atoms with Crippen LogP contribution < -0.4 is 11.2 Å². The van der Waals surface area contributed by atoms with Crippen LogP contribution >= 0.6 is 11.6 Å². The summed E-state index contributed by atoms with van der Waals surface area (Å²) >= 11 is 6.09. The molecule has 0 amide bonds. The van der Waals surface area contributed by atoms with E-state index in [1.165, 1.54) is 33.7 Å². The van der Waals surface area contributed by atoms with E-state index in [4.69, 9.17) is 11.6 Å². The maximum atomic E-state index is 13.9. The van der Waals surface area contributed by atoms with Gasteiger partial charge in [0.2, 0.25) is 0 Å². The molecule has 0 aliphatic heterocycles. The summed E-state index contributed by atoms with van der Waals surface area (Å²) in [6, 6.07) is 13.1. The van der Waals surface area contributed by atoms with Crippen molar-refractivity contribution in [3.63, 3.8) is 0 Å². The van der Waals surface area contributed by atoms with Crippen molar-refractivity contribution >= 4 is 22.8 Å². The van der Waals surface area contributed by atoms with E-state index in [0.29, 0.717) is 35.2 Å². The number of rotatable bonds is 5. The zero-order chi connectivity index (χ0) is 20.8. The molecule has 4 aromatic rings. The van der Waals surface area contributed by atoms with Crippen LogP contribution in [0.4, 0.5) is 4.39 Å². The third-order valence-electron chi connectivity index (χ3n) is 5.35. The first kappa shape index (κ1) is 18.8. The molecule has 2 aromatic carbocycles. The van der Waals surface area contributed by atoms with Crippen molar-refractivity contribution in [1.82, 2.24) is 18.7 Å². The first-order valence-electron chi connectivity index (χ1n) is 9.72. The Hall–Kier alpha value is -3.19. The highest BCUT2D eigenvalue weighted by Gasteiger charge is 2.26. The van der Waals surface area contributed by atoms with E-state index in [-0.39, 0.29) is 11.2 Å². The smallest absolute Gasteiger partial charge is 0.320 e. The van der Waals surface area contributed by atoms with Crippen LogP contribution in [-0.4, -0.2) is 18.7 Å². The molecule has 1 saturated carbocycles. The molecule has 1 aliphatic rings. The van der Waals surface area contributed by atoms with Crippen LogP contribution in [0.3, 0.4) is 0 Å². The van der Waals surface area contributed by atoms with Gasteiger partial charge in [-0.3, -0.25) is 9.36 Å². The van der Waals surface area contributed by atoms with Gasteiger partial charge in [-0.15, -0.1) is 0 Å². The van der Waals surface area contributed by atoms with Crippen molar-refractivity contribution in [1.29, 1.82) is 0 Å². The first-order valence-corrected chi connectivity index (χ1v) is 10.1. The molecule has 0 bridgehead atoms. The van der Waals surface area contributed by atoms with E-state index in [1.54, 1.807) is 16.7 Å². The monoisotopic (exact) mass is 424 g/mol. The van der Waals surface area contributed by atoms with Gasteiger partial charge < -0.3 is 4.57 Å². The highest BCUT2D eigenvalue weighted by atomic mass is 35.5. The Bertz CT molecular complexity index is 1380. The summed E-state index contributed by atoms with van der Waals surface area (Å²) < 4.78 is 18.2. The number of imidazole rings is 1. The molecule has 0 saturated heterocycles. The summed E-state index contributed by atoms with van der Waals surface area (Å²) in [7, 11) is 0. The van der Waals surface area contributed by atoms with Crippen molar-refractivity contribution in [2.45, 2.75) is 25.9 Å². The Balaban J connectivity index is 1.76. The minimum absolute atomic E-state index is 0.213. The molecule has 2 heterocycles. The Morgan fingerprint density at radius 3 is 2.63 bits per heavy atom. The van der Waals surface area contributed by atoms with Crippen LogP contribution in [0.2, 0.25) is 5.02 Å². The van der Waals surface area contributed by atoms with Crippen LogP contribution in [0.15, 0.2) is 64.4 Å². The van der Waals surface area contributed by atoms with Crippen molar-refractivity contribution in [3.8, 4) is 5.69 Å². The average Bonchev–Trinajstić information content (AvgIpc) is 3.45. The quantitative estimate of drug-likeness (QED) is 0.492.